The summed E-state index contributed by atoms with van der Waals surface area (Å²) in [5, 5.41) is 21.5. The second kappa shape index (κ2) is 39.6. The average molecular weight is 1360 g/mol. The second-order valence-electron chi connectivity index (χ2n) is 24.0. The number of nitrogens with one attached hydrogen (secondary N) is 1. The quantitative estimate of drug-likeness (QED) is 0.0337. The molecule has 5 aromatic carbocycles. The molecule has 8 heterocycles. The lowest BCUT2D eigenvalue weighted by molar-refractivity contribution is 0.0992. The Bertz CT molecular complexity index is 3990. The summed E-state index contributed by atoms with van der Waals surface area (Å²) in [6.07, 6.45) is 15.9. The SMILES string of the molecule is CN(C)c1nc(N)ncc1Cc1ccccc1.COc1ccc(Cc2cnc(N)nc2N2CCOCC2)cc1.Nc1ncc(Cc2ccccc2)c(N2CCC(O)CC2)n1.Nc1ncc(Cc2ccccc2)c(N2CCOCC2)n1.OCCOCCNc1ncncc1Cc1ccccc1. The number of piperidine rings is 1. The van der Waals surface area contributed by atoms with E-state index in [1.54, 1.807) is 13.3 Å². The third-order valence-corrected chi connectivity index (χ3v) is 16.3. The molecule has 0 bridgehead atoms. The molecule has 0 radical (unpaired) electrons. The fourth-order valence-electron chi connectivity index (χ4n) is 11.3. The number of morpholine rings is 2. The molecule has 10 aromatic rings. The molecular weight excluding hydrogens is 1260 g/mol. The molecular formula is C75H93N19O6. The Balaban J connectivity index is 0.000000146. The van der Waals surface area contributed by atoms with Crippen LogP contribution in [0.1, 0.15) is 68.5 Å². The first kappa shape index (κ1) is 73.5. The number of aliphatic hydroxyl groups is 2. The van der Waals surface area contributed by atoms with Crippen LogP contribution in [0.3, 0.4) is 0 Å². The van der Waals surface area contributed by atoms with Crippen molar-refractivity contribution in [2.45, 2.75) is 51.0 Å². The average Bonchev–Trinajstić information content (AvgIpc) is 0.888. The number of nitrogen functional groups attached to an aromatic ring is 4. The van der Waals surface area contributed by atoms with E-state index in [9.17, 15) is 5.11 Å². The van der Waals surface area contributed by atoms with E-state index in [2.05, 4.69) is 131 Å². The number of anilines is 9. The minimum atomic E-state index is -0.196. The molecule has 3 aliphatic heterocycles. The Labute approximate surface area is 585 Å². The predicted molar refractivity (Wildman–Crippen MR) is 395 cm³/mol. The molecule has 524 valence electrons. The first-order valence-electron chi connectivity index (χ1n) is 33.6. The summed E-state index contributed by atoms with van der Waals surface area (Å²) in [5.74, 6) is 6.54. The summed E-state index contributed by atoms with van der Waals surface area (Å²) in [6, 6.07) is 49.1. The first-order chi connectivity index (χ1) is 48.9. The molecule has 0 atom stereocenters. The molecule has 0 unspecified atom stereocenters. The highest BCUT2D eigenvalue weighted by molar-refractivity contribution is 5.54. The van der Waals surface area contributed by atoms with E-state index in [4.69, 9.17) is 47.0 Å². The van der Waals surface area contributed by atoms with Crippen LogP contribution >= 0.6 is 0 Å². The molecule has 13 rings (SSSR count). The minimum absolute atomic E-state index is 0.0484. The van der Waals surface area contributed by atoms with Gasteiger partial charge in [-0.25, -0.2) is 29.9 Å². The van der Waals surface area contributed by atoms with E-state index >= 15 is 0 Å². The van der Waals surface area contributed by atoms with Crippen molar-refractivity contribution in [1.29, 1.82) is 0 Å². The van der Waals surface area contributed by atoms with Gasteiger partial charge in [0, 0.05) is 151 Å². The summed E-state index contributed by atoms with van der Waals surface area (Å²) in [6.45, 7) is 9.44. The molecule has 0 saturated carbocycles. The van der Waals surface area contributed by atoms with Gasteiger partial charge in [0.1, 0.15) is 41.2 Å². The van der Waals surface area contributed by atoms with Gasteiger partial charge in [-0.2, -0.15) is 19.9 Å². The zero-order chi connectivity index (χ0) is 70.1. The minimum Gasteiger partial charge on any atom is -0.497 e. The number of nitrogens with two attached hydrogens (primary N) is 4. The number of nitrogens with zero attached hydrogens (tertiary/aromatic N) is 14. The Hall–Kier alpha value is -10.7. The van der Waals surface area contributed by atoms with Gasteiger partial charge >= 0.3 is 0 Å². The monoisotopic (exact) mass is 1360 g/mol. The smallest absolute Gasteiger partial charge is 0.221 e. The van der Waals surface area contributed by atoms with Crippen LogP contribution in [-0.2, 0) is 46.3 Å². The zero-order valence-corrected chi connectivity index (χ0v) is 57.3. The molecule has 3 fully saturated rings. The molecule has 11 N–H and O–H groups in total. The van der Waals surface area contributed by atoms with Crippen molar-refractivity contribution in [2.75, 3.05) is 161 Å². The van der Waals surface area contributed by atoms with Gasteiger partial charge in [-0.3, -0.25) is 0 Å². The normalized spacial score (nSPS) is 13.6. The summed E-state index contributed by atoms with van der Waals surface area (Å²) in [5.41, 5.74) is 34.4. The number of ether oxygens (including phenoxy) is 4. The van der Waals surface area contributed by atoms with Gasteiger partial charge < -0.3 is 77.0 Å². The van der Waals surface area contributed by atoms with Gasteiger partial charge in [-0.05, 0) is 52.8 Å². The number of hydrogen-bond acceptors (Lipinski definition) is 25. The molecule has 3 aliphatic rings. The molecule has 0 aliphatic carbocycles. The van der Waals surface area contributed by atoms with Crippen molar-refractivity contribution >= 4 is 52.9 Å². The fourth-order valence-corrected chi connectivity index (χ4v) is 11.3. The van der Waals surface area contributed by atoms with E-state index in [-0.39, 0.29) is 12.7 Å². The van der Waals surface area contributed by atoms with Crippen LogP contribution in [0.2, 0.25) is 0 Å². The van der Waals surface area contributed by atoms with E-state index in [0.717, 1.165) is 160 Å². The van der Waals surface area contributed by atoms with Crippen LogP contribution in [-0.4, -0.2) is 179 Å². The van der Waals surface area contributed by atoms with Gasteiger partial charge in [0.2, 0.25) is 23.8 Å². The van der Waals surface area contributed by atoms with Gasteiger partial charge in [-0.15, -0.1) is 0 Å². The number of aliphatic hydroxyl groups excluding tert-OH is 2. The molecule has 100 heavy (non-hydrogen) atoms. The summed E-state index contributed by atoms with van der Waals surface area (Å²) in [7, 11) is 5.58. The van der Waals surface area contributed by atoms with Crippen molar-refractivity contribution in [3.63, 3.8) is 0 Å². The van der Waals surface area contributed by atoms with Crippen LogP contribution in [0, 0.1) is 0 Å². The lowest BCUT2D eigenvalue weighted by atomic mass is 10.0. The van der Waals surface area contributed by atoms with Crippen LogP contribution in [0.25, 0.3) is 0 Å². The topological polar surface area (TPSA) is 335 Å². The lowest BCUT2D eigenvalue weighted by Crippen LogP contribution is -2.37. The number of benzene rings is 5. The molecule has 25 nitrogen and oxygen atoms in total. The number of hydrogen-bond donors (Lipinski definition) is 7. The highest BCUT2D eigenvalue weighted by Crippen LogP contribution is 2.28. The number of aromatic nitrogens is 10. The first-order valence-corrected chi connectivity index (χ1v) is 33.6. The summed E-state index contributed by atoms with van der Waals surface area (Å²) < 4.78 is 21.2. The summed E-state index contributed by atoms with van der Waals surface area (Å²) in [4.78, 5) is 51.0. The Kier molecular flexibility index (Phi) is 29.2. The van der Waals surface area contributed by atoms with Crippen LogP contribution in [0.4, 0.5) is 52.9 Å². The van der Waals surface area contributed by atoms with Crippen molar-refractivity contribution in [2.24, 2.45) is 0 Å². The van der Waals surface area contributed by atoms with Crippen molar-refractivity contribution in [3.8, 4) is 5.75 Å². The van der Waals surface area contributed by atoms with E-state index in [1.807, 2.05) is 129 Å². The molecule has 5 aromatic heterocycles. The maximum atomic E-state index is 9.65. The number of methoxy groups -OCH3 is 1. The fraction of sp³-hybridized carbons (Fsp3) is 0.333. The van der Waals surface area contributed by atoms with Crippen LogP contribution < -0.4 is 52.6 Å². The standard InChI is InChI=1S/C16H20N4O2.C16H20N4O.C15H18N4O.C15H19N3O2.C13H16N4/c1-21-14-4-2-12(3-5-14)10-13-11-18-16(17)19-15(13)20-6-8-22-9-7-20;17-16-18-11-13(10-12-4-2-1-3-5-12)15(19-16)20-8-6-14(21)7-9-20;16-15-17-11-13(10-12-4-2-1-3-5-12)14(18-15)19-6-8-20-9-7-19;19-7-9-20-8-6-17-15-14(11-16-12-18-15)10-13-4-2-1-3-5-13;1-17(2)12-11(9-15-13(14)16-12)8-10-6-4-3-5-7-10/h2-5,11H,6-10H2,1H3,(H2,17,18,19);1-5,11,14,21H,6-10H2,(H2,17,18,19);1-5,11H,6-10H2,(H2,16,17,18);1-5,11-12,19H,6-10H2,(H,16,17,18);3-7,9H,8H2,1-2H3,(H2,14,15,16). The van der Waals surface area contributed by atoms with Gasteiger partial charge in [-0.1, -0.05) is 133 Å². The molecule has 0 amide bonds. The van der Waals surface area contributed by atoms with E-state index in [1.165, 1.54) is 34.1 Å². The van der Waals surface area contributed by atoms with E-state index < -0.39 is 0 Å². The van der Waals surface area contributed by atoms with Crippen LogP contribution in [0.15, 0.2) is 183 Å². The summed E-state index contributed by atoms with van der Waals surface area (Å²) >= 11 is 0. The lowest BCUT2D eigenvalue weighted by Gasteiger charge is -2.31. The van der Waals surface area contributed by atoms with Gasteiger partial charge in [0.15, 0.2) is 0 Å². The maximum absolute atomic E-state index is 9.65. The second-order valence-corrected chi connectivity index (χ2v) is 24.0. The number of rotatable bonds is 21. The van der Waals surface area contributed by atoms with Gasteiger partial charge in [0.05, 0.1) is 59.5 Å². The predicted octanol–water partition coefficient (Wildman–Crippen LogP) is 7.80. The van der Waals surface area contributed by atoms with Crippen molar-refractivity contribution < 1.29 is 29.2 Å². The third kappa shape index (κ3) is 23.8. The third-order valence-electron chi connectivity index (χ3n) is 16.3. The maximum Gasteiger partial charge on any atom is 0.221 e. The van der Waals surface area contributed by atoms with E-state index in [0.29, 0.717) is 56.8 Å². The molecule has 25 heteroatoms. The zero-order valence-electron chi connectivity index (χ0n) is 57.3. The van der Waals surface area contributed by atoms with Crippen molar-refractivity contribution in [1.82, 2.24) is 49.8 Å². The Morgan fingerprint density at radius 3 is 1.26 bits per heavy atom. The molecule has 0 spiro atoms. The van der Waals surface area contributed by atoms with Crippen molar-refractivity contribution in [3.05, 3.63) is 239 Å². The highest BCUT2D eigenvalue weighted by atomic mass is 16.5. The Morgan fingerprint density at radius 1 is 0.470 bits per heavy atom. The van der Waals surface area contributed by atoms with Crippen LogP contribution in [0.5, 0.6) is 5.75 Å². The largest absolute Gasteiger partial charge is 0.497 e. The van der Waals surface area contributed by atoms with Gasteiger partial charge in [0.25, 0.3) is 0 Å². The molecule has 3 saturated heterocycles. The Morgan fingerprint density at radius 2 is 0.850 bits per heavy atom. The highest BCUT2D eigenvalue weighted by Gasteiger charge is 2.23.